The van der Waals surface area contributed by atoms with Crippen LogP contribution in [0.3, 0.4) is 0 Å². The topological polar surface area (TPSA) is 12.0 Å². The Morgan fingerprint density at radius 3 is 2.37 bits per heavy atom. The van der Waals surface area contributed by atoms with Crippen LogP contribution < -0.4 is 5.32 Å². The van der Waals surface area contributed by atoms with Crippen LogP contribution >= 0.6 is 43.2 Å². The van der Waals surface area contributed by atoms with Crippen LogP contribution in [0, 0.1) is 0 Å². The zero-order chi connectivity index (χ0) is 13.8. The normalized spacial score (nSPS) is 12.6. The molecule has 1 unspecified atom stereocenters. The molecule has 4 heteroatoms. The first kappa shape index (κ1) is 15.2. The van der Waals surface area contributed by atoms with Crippen molar-refractivity contribution in [1.29, 1.82) is 0 Å². The summed E-state index contributed by atoms with van der Waals surface area (Å²) in [4.78, 5) is 0. The Bertz CT molecular complexity index is 534. The molecule has 1 N–H and O–H groups in total. The molecule has 2 aromatic rings. The predicted octanol–water partition coefficient (Wildman–Crippen LogP) is 5.53. The van der Waals surface area contributed by atoms with Crippen molar-refractivity contribution in [3.8, 4) is 0 Å². The Kier molecular flexibility index (Phi) is 5.63. The van der Waals surface area contributed by atoms with Crippen molar-refractivity contribution in [2.45, 2.75) is 25.8 Å². The average Bonchev–Trinajstić information content (AvgIpc) is 2.72. The third kappa shape index (κ3) is 3.69. The van der Waals surface area contributed by atoms with Gasteiger partial charge in [-0.05, 0) is 68.1 Å². The number of halogens is 2. The maximum absolute atomic E-state index is 3.64. The van der Waals surface area contributed by atoms with Gasteiger partial charge < -0.3 is 5.32 Å². The number of rotatable bonds is 5. The minimum absolute atomic E-state index is 0.229. The van der Waals surface area contributed by atoms with Crippen molar-refractivity contribution >= 4 is 43.2 Å². The van der Waals surface area contributed by atoms with E-state index in [0.29, 0.717) is 0 Å². The fraction of sp³-hybridized carbons (Fsp3) is 0.333. The van der Waals surface area contributed by atoms with Gasteiger partial charge in [0.05, 0.1) is 13.6 Å². The average molecular weight is 403 g/mol. The quantitative estimate of drug-likeness (QED) is 0.692. The molecule has 0 spiro atoms. The van der Waals surface area contributed by atoms with Crippen LogP contribution in [0.4, 0.5) is 0 Å². The van der Waals surface area contributed by atoms with Gasteiger partial charge >= 0.3 is 0 Å². The number of nitrogens with one attached hydrogen (secondary N) is 1. The zero-order valence-electron chi connectivity index (χ0n) is 11.0. The molecule has 19 heavy (non-hydrogen) atoms. The lowest BCUT2D eigenvalue weighted by atomic mass is 9.99. The Morgan fingerprint density at radius 2 is 1.89 bits per heavy atom. The van der Waals surface area contributed by atoms with Gasteiger partial charge in [-0.3, -0.25) is 0 Å². The molecule has 1 atom stereocenters. The molecular formula is C15H17Br2NS. The van der Waals surface area contributed by atoms with Gasteiger partial charge in [0.15, 0.2) is 0 Å². The Morgan fingerprint density at radius 1 is 1.21 bits per heavy atom. The molecule has 2 rings (SSSR count). The minimum Gasteiger partial charge on any atom is -0.309 e. The highest BCUT2D eigenvalue weighted by molar-refractivity contribution is 9.12. The molecule has 0 aliphatic carbocycles. The molecule has 1 aromatic heterocycles. The van der Waals surface area contributed by atoms with Crippen LogP contribution in [-0.4, -0.2) is 7.05 Å². The highest BCUT2D eigenvalue weighted by Gasteiger charge is 2.17. The molecule has 1 aromatic carbocycles. The second kappa shape index (κ2) is 7.02. The van der Waals surface area contributed by atoms with Crippen LogP contribution in [0.2, 0.25) is 0 Å². The Balaban J connectivity index is 2.29. The van der Waals surface area contributed by atoms with E-state index in [0.717, 1.165) is 10.2 Å². The summed E-state index contributed by atoms with van der Waals surface area (Å²) in [5.41, 5.74) is 3.99. The summed E-state index contributed by atoms with van der Waals surface area (Å²) < 4.78 is 2.33. The van der Waals surface area contributed by atoms with Crippen molar-refractivity contribution < 1.29 is 0 Å². The highest BCUT2D eigenvalue weighted by Crippen LogP contribution is 2.37. The first-order chi connectivity index (χ1) is 9.15. The Hall–Kier alpha value is -0.160. The molecule has 0 fully saturated rings. The molecule has 0 aliphatic heterocycles. The number of benzene rings is 1. The third-order valence-electron chi connectivity index (χ3n) is 3.13. The lowest BCUT2D eigenvalue weighted by Crippen LogP contribution is -2.17. The molecule has 1 heterocycles. The van der Waals surface area contributed by atoms with Crippen LogP contribution in [0.5, 0.6) is 0 Å². The number of aryl methyl sites for hydroxylation is 1. The van der Waals surface area contributed by atoms with Crippen LogP contribution in [0.15, 0.2) is 37.9 Å². The lowest BCUT2D eigenvalue weighted by molar-refractivity contribution is 0.691. The van der Waals surface area contributed by atoms with E-state index < -0.39 is 0 Å². The maximum atomic E-state index is 3.64. The van der Waals surface area contributed by atoms with Gasteiger partial charge in [0, 0.05) is 0 Å². The molecular weight excluding hydrogens is 386 g/mol. The molecule has 0 saturated carbocycles. The molecule has 1 nitrogen and oxygen atoms in total. The largest absolute Gasteiger partial charge is 0.309 e. The van der Waals surface area contributed by atoms with E-state index in [9.17, 15) is 0 Å². The Labute approximate surface area is 135 Å². The summed E-state index contributed by atoms with van der Waals surface area (Å²) in [5.74, 6) is 0. The molecule has 0 bridgehead atoms. The van der Waals surface area contributed by atoms with Gasteiger partial charge in [-0.25, -0.2) is 0 Å². The van der Waals surface area contributed by atoms with E-state index >= 15 is 0 Å². The van der Waals surface area contributed by atoms with E-state index in [2.05, 4.69) is 74.4 Å². The van der Waals surface area contributed by atoms with Gasteiger partial charge in [0.25, 0.3) is 0 Å². The van der Waals surface area contributed by atoms with Crippen molar-refractivity contribution in [2.24, 2.45) is 0 Å². The molecule has 0 radical (unpaired) electrons. The van der Waals surface area contributed by atoms with E-state index in [4.69, 9.17) is 0 Å². The van der Waals surface area contributed by atoms with Crippen molar-refractivity contribution in [1.82, 2.24) is 5.32 Å². The molecule has 0 aliphatic rings. The smallest absolute Gasteiger partial charge is 0.0761 e. The second-order valence-corrected chi connectivity index (χ2v) is 8.24. The SMILES string of the molecule is CCCc1ccc(C(NC)c2cc(Br)sc2Br)cc1. The molecule has 0 amide bonds. The lowest BCUT2D eigenvalue weighted by Gasteiger charge is -2.16. The van der Waals surface area contributed by atoms with E-state index in [1.165, 1.54) is 26.9 Å². The van der Waals surface area contributed by atoms with Crippen molar-refractivity contribution in [3.05, 3.63) is 54.6 Å². The summed E-state index contributed by atoms with van der Waals surface area (Å²) in [6, 6.07) is 11.3. The molecule has 0 saturated heterocycles. The van der Waals surface area contributed by atoms with E-state index in [-0.39, 0.29) is 6.04 Å². The predicted molar refractivity (Wildman–Crippen MR) is 91.1 cm³/mol. The molecule has 102 valence electrons. The second-order valence-electron chi connectivity index (χ2n) is 4.49. The first-order valence-corrected chi connectivity index (χ1v) is 8.76. The van der Waals surface area contributed by atoms with E-state index in [1.807, 2.05) is 7.05 Å². The van der Waals surface area contributed by atoms with Gasteiger partial charge in [-0.15, -0.1) is 11.3 Å². The van der Waals surface area contributed by atoms with Crippen molar-refractivity contribution in [3.63, 3.8) is 0 Å². The van der Waals surface area contributed by atoms with Crippen LogP contribution in [-0.2, 0) is 6.42 Å². The number of hydrogen-bond donors (Lipinski definition) is 1. The first-order valence-electron chi connectivity index (χ1n) is 6.36. The summed E-state index contributed by atoms with van der Waals surface area (Å²) in [6.45, 7) is 2.21. The summed E-state index contributed by atoms with van der Waals surface area (Å²) in [6.07, 6.45) is 2.34. The summed E-state index contributed by atoms with van der Waals surface area (Å²) in [7, 11) is 2.00. The maximum Gasteiger partial charge on any atom is 0.0761 e. The van der Waals surface area contributed by atoms with Gasteiger partial charge in [-0.2, -0.15) is 0 Å². The number of thiophene rings is 1. The standard InChI is InChI=1S/C15H17Br2NS/c1-3-4-10-5-7-11(8-6-10)14(18-2)12-9-13(16)19-15(12)17/h5-9,14,18H,3-4H2,1-2H3. The van der Waals surface area contributed by atoms with Crippen LogP contribution in [0.1, 0.15) is 36.1 Å². The fourth-order valence-corrected chi connectivity index (χ4v) is 5.12. The summed E-state index contributed by atoms with van der Waals surface area (Å²) in [5, 5.41) is 3.40. The van der Waals surface area contributed by atoms with Crippen LogP contribution in [0.25, 0.3) is 0 Å². The third-order valence-corrected chi connectivity index (χ3v) is 5.52. The van der Waals surface area contributed by atoms with Gasteiger partial charge in [0.1, 0.15) is 0 Å². The van der Waals surface area contributed by atoms with Crippen molar-refractivity contribution in [2.75, 3.05) is 7.05 Å². The highest BCUT2D eigenvalue weighted by atomic mass is 79.9. The van der Waals surface area contributed by atoms with Gasteiger partial charge in [0.2, 0.25) is 0 Å². The minimum atomic E-state index is 0.229. The van der Waals surface area contributed by atoms with Gasteiger partial charge in [-0.1, -0.05) is 37.6 Å². The fourth-order valence-electron chi connectivity index (χ4n) is 2.22. The number of hydrogen-bond acceptors (Lipinski definition) is 2. The van der Waals surface area contributed by atoms with E-state index in [1.54, 1.807) is 11.3 Å². The summed E-state index contributed by atoms with van der Waals surface area (Å²) >= 11 is 8.90. The monoisotopic (exact) mass is 401 g/mol. The zero-order valence-corrected chi connectivity index (χ0v) is 15.0.